The van der Waals surface area contributed by atoms with Gasteiger partial charge in [0.1, 0.15) is 17.8 Å². The average Bonchev–Trinajstić information content (AvgIpc) is 3.16. The first-order valence-electron chi connectivity index (χ1n) is 11.2. The Morgan fingerprint density at radius 3 is 2.33 bits per heavy atom. The number of carbonyl (C=O) groups is 4. The fourth-order valence-electron chi connectivity index (χ4n) is 5.34. The first-order valence-corrected chi connectivity index (χ1v) is 11.2. The molecule has 9 nitrogen and oxygen atoms in total. The summed E-state index contributed by atoms with van der Waals surface area (Å²) in [5.41, 5.74) is -1.01. The van der Waals surface area contributed by atoms with Crippen LogP contribution >= 0.6 is 0 Å². The number of fused-ring (bicyclic) bond motifs is 3. The highest BCUT2D eigenvalue weighted by atomic mass is 16.6. The summed E-state index contributed by atoms with van der Waals surface area (Å²) in [7, 11) is 0. The predicted molar refractivity (Wildman–Crippen MR) is 114 cm³/mol. The van der Waals surface area contributed by atoms with Gasteiger partial charge in [0.2, 0.25) is 0 Å². The Bertz CT molecular complexity index is 902. The molecule has 33 heavy (non-hydrogen) atoms. The molecule has 1 saturated heterocycles. The van der Waals surface area contributed by atoms with Gasteiger partial charge in [0.25, 0.3) is 0 Å². The molecule has 0 bridgehead atoms. The van der Waals surface area contributed by atoms with Crippen molar-refractivity contribution in [1.82, 2.24) is 0 Å². The van der Waals surface area contributed by atoms with Crippen molar-refractivity contribution in [2.75, 3.05) is 0 Å². The maximum atomic E-state index is 12.8. The van der Waals surface area contributed by atoms with Crippen molar-refractivity contribution in [3.8, 4) is 0 Å². The Morgan fingerprint density at radius 1 is 1.18 bits per heavy atom. The molecule has 0 amide bonds. The van der Waals surface area contributed by atoms with Gasteiger partial charge in [0.05, 0.1) is 11.8 Å². The zero-order chi connectivity index (χ0) is 24.8. The van der Waals surface area contributed by atoms with E-state index in [0.29, 0.717) is 6.42 Å². The van der Waals surface area contributed by atoms with E-state index in [1.807, 2.05) is 6.92 Å². The molecule has 1 N–H and O–H groups in total. The van der Waals surface area contributed by atoms with Crippen LogP contribution in [0.25, 0.3) is 0 Å². The SMILES string of the molecule is C=C1C(=O)OC2C1C(OC(=O)C(C)CC)C(OC(C)=O)C(C)(O)C1C(OC(C)=O)C=C(C)C21. The Labute approximate surface area is 193 Å². The van der Waals surface area contributed by atoms with Crippen molar-refractivity contribution in [1.29, 1.82) is 0 Å². The molecule has 182 valence electrons. The van der Waals surface area contributed by atoms with Crippen molar-refractivity contribution in [2.45, 2.75) is 78.0 Å². The van der Waals surface area contributed by atoms with Crippen molar-refractivity contribution < 1.29 is 43.2 Å². The van der Waals surface area contributed by atoms with Gasteiger partial charge in [0.15, 0.2) is 12.2 Å². The lowest BCUT2D eigenvalue weighted by Crippen LogP contribution is -2.58. The van der Waals surface area contributed by atoms with Gasteiger partial charge in [-0.05, 0) is 26.3 Å². The molecule has 0 aromatic carbocycles. The Morgan fingerprint density at radius 2 is 1.79 bits per heavy atom. The molecule has 3 aliphatic rings. The lowest BCUT2D eigenvalue weighted by Gasteiger charge is -2.42. The lowest BCUT2D eigenvalue weighted by molar-refractivity contribution is -0.205. The molecule has 1 heterocycles. The van der Waals surface area contributed by atoms with Gasteiger partial charge < -0.3 is 24.1 Å². The minimum Gasteiger partial charge on any atom is -0.458 e. The average molecular weight is 465 g/mol. The monoisotopic (exact) mass is 464 g/mol. The fourth-order valence-corrected chi connectivity index (χ4v) is 5.34. The number of hydrogen-bond donors (Lipinski definition) is 1. The number of hydrogen-bond acceptors (Lipinski definition) is 9. The van der Waals surface area contributed by atoms with Crippen molar-refractivity contribution >= 4 is 23.9 Å². The van der Waals surface area contributed by atoms with Crippen LogP contribution in [0.4, 0.5) is 0 Å². The first-order chi connectivity index (χ1) is 15.3. The first kappa shape index (κ1) is 25.0. The van der Waals surface area contributed by atoms with Crippen LogP contribution in [0.2, 0.25) is 0 Å². The molecular formula is C24H32O9. The van der Waals surface area contributed by atoms with E-state index in [4.69, 9.17) is 18.9 Å². The molecule has 9 atom stereocenters. The molecule has 0 spiro atoms. The number of esters is 4. The van der Waals surface area contributed by atoms with Gasteiger partial charge in [-0.25, -0.2) is 4.79 Å². The predicted octanol–water partition coefficient (Wildman–Crippen LogP) is 1.86. The third-order valence-corrected chi connectivity index (χ3v) is 7.07. The van der Waals surface area contributed by atoms with Crippen LogP contribution < -0.4 is 0 Å². The van der Waals surface area contributed by atoms with E-state index in [1.165, 1.54) is 20.8 Å². The topological polar surface area (TPSA) is 125 Å². The second kappa shape index (κ2) is 8.93. The molecule has 1 aliphatic heterocycles. The Kier molecular flexibility index (Phi) is 6.75. The van der Waals surface area contributed by atoms with Crippen molar-refractivity contribution in [2.24, 2.45) is 23.7 Å². The third kappa shape index (κ3) is 4.30. The number of rotatable bonds is 5. The molecule has 1 saturated carbocycles. The third-order valence-electron chi connectivity index (χ3n) is 7.07. The highest BCUT2D eigenvalue weighted by Gasteiger charge is 2.66. The number of ether oxygens (including phenoxy) is 4. The van der Waals surface area contributed by atoms with Gasteiger partial charge in [-0.3, -0.25) is 14.4 Å². The zero-order valence-corrected chi connectivity index (χ0v) is 19.8. The van der Waals surface area contributed by atoms with E-state index >= 15 is 0 Å². The molecule has 9 heteroatoms. The van der Waals surface area contributed by atoms with E-state index in [2.05, 4.69) is 6.58 Å². The summed E-state index contributed by atoms with van der Waals surface area (Å²) in [5, 5.41) is 11.9. The number of carbonyl (C=O) groups excluding carboxylic acids is 4. The molecule has 0 aromatic rings. The lowest BCUT2D eigenvalue weighted by atomic mass is 9.74. The van der Waals surface area contributed by atoms with Crippen LogP contribution in [0.15, 0.2) is 23.8 Å². The van der Waals surface area contributed by atoms with Gasteiger partial charge in [0, 0.05) is 31.3 Å². The van der Waals surface area contributed by atoms with E-state index in [9.17, 15) is 24.3 Å². The van der Waals surface area contributed by atoms with Crippen LogP contribution in [0.3, 0.4) is 0 Å². The summed E-state index contributed by atoms with van der Waals surface area (Å²) in [6.07, 6.45) is -2.11. The van der Waals surface area contributed by atoms with E-state index in [-0.39, 0.29) is 5.57 Å². The van der Waals surface area contributed by atoms with Crippen molar-refractivity contribution in [3.63, 3.8) is 0 Å². The largest absolute Gasteiger partial charge is 0.458 e. The maximum Gasteiger partial charge on any atom is 0.334 e. The van der Waals surface area contributed by atoms with Crippen LogP contribution in [0.1, 0.15) is 48.0 Å². The van der Waals surface area contributed by atoms with Gasteiger partial charge in [-0.1, -0.05) is 26.0 Å². The fraction of sp³-hybridized carbons (Fsp3) is 0.667. The molecule has 2 fully saturated rings. The quantitative estimate of drug-likeness (QED) is 0.281. The van der Waals surface area contributed by atoms with Gasteiger partial charge in [-0.15, -0.1) is 0 Å². The summed E-state index contributed by atoms with van der Waals surface area (Å²) < 4.78 is 22.6. The van der Waals surface area contributed by atoms with Gasteiger partial charge >= 0.3 is 23.9 Å². The maximum absolute atomic E-state index is 12.8. The summed E-state index contributed by atoms with van der Waals surface area (Å²) >= 11 is 0. The highest BCUT2D eigenvalue weighted by molar-refractivity contribution is 5.91. The second-order valence-corrected chi connectivity index (χ2v) is 9.42. The summed E-state index contributed by atoms with van der Waals surface area (Å²) in [6.45, 7) is 13.0. The van der Waals surface area contributed by atoms with Crippen LogP contribution in [0, 0.1) is 23.7 Å². The van der Waals surface area contributed by atoms with E-state index in [1.54, 1.807) is 19.9 Å². The Hall–Kier alpha value is -2.68. The molecule has 3 rings (SSSR count). The molecular weight excluding hydrogens is 432 g/mol. The smallest absolute Gasteiger partial charge is 0.334 e. The summed E-state index contributed by atoms with van der Waals surface area (Å²) in [5.74, 6) is -5.21. The zero-order valence-electron chi connectivity index (χ0n) is 19.8. The standard InChI is InChI=1S/C24H32O9/c1-8-10(2)22(27)33-20-17-12(4)23(28)32-19(17)16-11(3)9-15(30-13(5)25)18(16)24(7,29)21(20)31-14(6)26/h9-10,15-21,29H,4,8H2,1-3,5-7H3. The van der Waals surface area contributed by atoms with Crippen molar-refractivity contribution in [3.05, 3.63) is 23.8 Å². The van der Waals surface area contributed by atoms with E-state index in [0.717, 1.165) is 5.57 Å². The Balaban J connectivity index is 2.19. The number of aliphatic hydroxyl groups is 1. The van der Waals surface area contributed by atoms with Gasteiger partial charge in [-0.2, -0.15) is 0 Å². The molecule has 0 aromatic heterocycles. The minimum atomic E-state index is -1.82. The summed E-state index contributed by atoms with van der Waals surface area (Å²) in [6, 6.07) is 0. The van der Waals surface area contributed by atoms with Crippen LogP contribution in [-0.2, 0) is 38.1 Å². The molecule has 9 unspecified atom stereocenters. The highest BCUT2D eigenvalue weighted by Crippen LogP contribution is 2.54. The van der Waals surface area contributed by atoms with E-state index < -0.39 is 77.6 Å². The van der Waals surface area contributed by atoms with Crippen LogP contribution in [-0.4, -0.2) is 59.0 Å². The molecule has 2 aliphatic carbocycles. The molecule has 0 radical (unpaired) electrons. The summed E-state index contributed by atoms with van der Waals surface area (Å²) in [4.78, 5) is 49.3. The minimum absolute atomic E-state index is 0.0688. The normalized spacial score (nSPS) is 38.3. The second-order valence-electron chi connectivity index (χ2n) is 9.42. The van der Waals surface area contributed by atoms with Crippen LogP contribution in [0.5, 0.6) is 0 Å².